The second-order valence-corrected chi connectivity index (χ2v) is 2.25. The fourth-order valence-corrected chi connectivity index (χ4v) is 1.06. The standard InChI is InChI=1S/C9H8O.Fe.Ni/c1-2-6-9-8(4-1)5-3-7-10-9;;/h1-6H,7H2;;. The fraction of sp³-hybridized carbons (Fsp3) is 0.111. The van der Waals surface area contributed by atoms with E-state index in [0.717, 1.165) is 5.75 Å². The van der Waals surface area contributed by atoms with Crippen molar-refractivity contribution in [2.45, 2.75) is 0 Å². The van der Waals surface area contributed by atoms with Crippen molar-refractivity contribution in [2.75, 3.05) is 6.61 Å². The molecule has 1 aromatic carbocycles. The predicted molar refractivity (Wildman–Crippen MR) is 41.0 cm³/mol. The molecule has 1 heterocycles. The van der Waals surface area contributed by atoms with Gasteiger partial charge in [0.25, 0.3) is 0 Å². The molecule has 0 atom stereocenters. The number of fused-ring (bicyclic) bond motifs is 1. The summed E-state index contributed by atoms with van der Waals surface area (Å²) >= 11 is 0. The van der Waals surface area contributed by atoms with Gasteiger partial charge >= 0.3 is 0 Å². The summed E-state index contributed by atoms with van der Waals surface area (Å²) in [6.07, 6.45) is 4.10. The SMILES string of the molecule is C1=Cc2ccccc2OC1.[Fe].[Ni]. The molecule has 1 nitrogen and oxygen atoms in total. The number of benzene rings is 1. The molecular weight excluding hydrogens is 239 g/mol. The normalized spacial score (nSPS) is 11.7. The zero-order chi connectivity index (χ0) is 6.81. The molecule has 1 aliphatic heterocycles. The van der Waals surface area contributed by atoms with Gasteiger partial charge in [0, 0.05) is 39.1 Å². The molecule has 0 amide bonds. The smallest absolute Gasteiger partial charge is 0.126 e. The zero-order valence-electron chi connectivity index (χ0n) is 6.25. The Kier molecular flexibility index (Phi) is 5.32. The van der Waals surface area contributed by atoms with Crippen LogP contribution in [-0.4, -0.2) is 6.61 Å². The van der Waals surface area contributed by atoms with E-state index in [1.54, 1.807) is 0 Å². The second kappa shape index (κ2) is 5.42. The third-order valence-corrected chi connectivity index (χ3v) is 1.55. The van der Waals surface area contributed by atoms with Gasteiger partial charge in [-0.05, 0) is 12.1 Å². The molecule has 0 aromatic heterocycles. The maximum atomic E-state index is 5.34. The van der Waals surface area contributed by atoms with E-state index in [4.69, 9.17) is 4.74 Å². The van der Waals surface area contributed by atoms with E-state index in [-0.39, 0.29) is 33.6 Å². The molecular formula is C9H8FeNiO. The quantitative estimate of drug-likeness (QED) is 0.637. The first-order chi connectivity index (χ1) is 4.97. The first kappa shape index (κ1) is 11.8. The molecule has 0 fully saturated rings. The van der Waals surface area contributed by atoms with Gasteiger partial charge in [-0.2, -0.15) is 0 Å². The minimum atomic E-state index is 0. The van der Waals surface area contributed by atoms with Crippen LogP contribution in [0, 0.1) is 0 Å². The molecule has 2 rings (SSSR count). The first-order valence-corrected chi connectivity index (χ1v) is 3.35. The Balaban J connectivity index is 0.000000605. The fourth-order valence-electron chi connectivity index (χ4n) is 1.06. The molecule has 0 radical (unpaired) electrons. The van der Waals surface area contributed by atoms with Gasteiger partial charge in [-0.15, -0.1) is 0 Å². The average molecular weight is 247 g/mol. The third-order valence-electron chi connectivity index (χ3n) is 1.55. The Morgan fingerprint density at radius 2 is 1.92 bits per heavy atom. The molecule has 0 aliphatic carbocycles. The summed E-state index contributed by atoms with van der Waals surface area (Å²) in [5, 5.41) is 0. The van der Waals surface area contributed by atoms with Gasteiger partial charge in [0.05, 0.1) is 0 Å². The van der Waals surface area contributed by atoms with E-state index in [2.05, 4.69) is 6.08 Å². The van der Waals surface area contributed by atoms with Gasteiger partial charge in [0.1, 0.15) is 12.4 Å². The van der Waals surface area contributed by atoms with E-state index < -0.39 is 0 Å². The third kappa shape index (κ3) is 2.38. The average Bonchev–Trinajstić information content (AvgIpc) is 2.05. The van der Waals surface area contributed by atoms with Crippen LogP contribution in [0.2, 0.25) is 0 Å². The number of ether oxygens (including phenoxy) is 1. The number of rotatable bonds is 0. The van der Waals surface area contributed by atoms with E-state index >= 15 is 0 Å². The van der Waals surface area contributed by atoms with Gasteiger partial charge in [0.15, 0.2) is 0 Å². The monoisotopic (exact) mass is 246 g/mol. The molecule has 1 aliphatic rings. The van der Waals surface area contributed by atoms with Crippen molar-refractivity contribution in [1.29, 1.82) is 0 Å². The van der Waals surface area contributed by atoms with Crippen LogP contribution in [-0.2, 0) is 33.6 Å². The Hall–Kier alpha value is -0.227. The van der Waals surface area contributed by atoms with E-state index in [1.807, 2.05) is 30.3 Å². The summed E-state index contributed by atoms with van der Waals surface area (Å²) in [4.78, 5) is 0. The van der Waals surface area contributed by atoms with Gasteiger partial charge in [-0.3, -0.25) is 0 Å². The summed E-state index contributed by atoms with van der Waals surface area (Å²) in [7, 11) is 0. The molecule has 68 valence electrons. The topological polar surface area (TPSA) is 9.23 Å². The molecule has 3 heteroatoms. The molecule has 12 heavy (non-hydrogen) atoms. The molecule has 0 saturated carbocycles. The van der Waals surface area contributed by atoms with E-state index in [1.165, 1.54) is 5.56 Å². The zero-order valence-corrected chi connectivity index (χ0v) is 8.34. The van der Waals surface area contributed by atoms with Gasteiger partial charge < -0.3 is 4.74 Å². The number of hydrogen-bond donors (Lipinski definition) is 0. The van der Waals surface area contributed by atoms with Crippen molar-refractivity contribution < 1.29 is 38.3 Å². The van der Waals surface area contributed by atoms with Crippen molar-refractivity contribution in [3.8, 4) is 5.75 Å². The van der Waals surface area contributed by atoms with Gasteiger partial charge in [-0.1, -0.05) is 24.3 Å². The molecule has 0 spiro atoms. The molecule has 0 N–H and O–H groups in total. The molecule has 0 saturated heterocycles. The van der Waals surface area contributed by atoms with Crippen LogP contribution in [0.3, 0.4) is 0 Å². The van der Waals surface area contributed by atoms with Crippen molar-refractivity contribution in [3.05, 3.63) is 35.9 Å². The largest absolute Gasteiger partial charge is 0.489 e. The summed E-state index contributed by atoms with van der Waals surface area (Å²) < 4.78 is 5.34. The van der Waals surface area contributed by atoms with Crippen LogP contribution >= 0.6 is 0 Å². The van der Waals surface area contributed by atoms with Crippen LogP contribution in [0.4, 0.5) is 0 Å². The number of para-hydroxylation sites is 1. The predicted octanol–water partition coefficient (Wildman–Crippen LogP) is 2.09. The Labute approximate surface area is 92.6 Å². The van der Waals surface area contributed by atoms with Crippen molar-refractivity contribution in [2.24, 2.45) is 0 Å². The molecule has 1 aromatic rings. The minimum absolute atomic E-state index is 0. The Bertz CT molecular complexity index is 273. The molecule has 0 unspecified atom stereocenters. The van der Waals surface area contributed by atoms with Crippen LogP contribution in [0.25, 0.3) is 6.08 Å². The van der Waals surface area contributed by atoms with Crippen LogP contribution in [0.1, 0.15) is 5.56 Å². The van der Waals surface area contributed by atoms with Crippen LogP contribution in [0.5, 0.6) is 5.75 Å². The van der Waals surface area contributed by atoms with Crippen molar-refractivity contribution >= 4 is 6.08 Å². The number of hydrogen-bond acceptors (Lipinski definition) is 1. The van der Waals surface area contributed by atoms with E-state index in [0.29, 0.717) is 6.61 Å². The van der Waals surface area contributed by atoms with Crippen LogP contribution < -0.4 is 4.74 Å². The summed E-state index contributed by atoms with van der Waals surface area (Å²) in [6, 6.07) is 8.03. The second-order valence-electron chi connectivity index (χ2n) is 2.25. The summed E-state index contributed by atoms with van der Waals surface area (Å²) in [6.45, 7) is 0.705. The molecule has 0 bridgehead atoms. The summed E-state index contributed by atoms with van der Waals surface area (Å²) in [5.41, 5.74) is 1.17. The van der Waals surface area contributed by atoms with Crippen LogP contribution in [0.15, 0.2) is 30.3 Å². The maximum absolute atomic E-state index is 5.34. The van der Waals surface area contributed by atoms with Crippen molar-refractivity contribution in [3.63, 3.8) is 0 Å². The summed E-state index contributed by atoms with van der Waals surface area (Å²) in [5.74, 6) is 0.991. The van der Waals surface area contributed by atoms with Crippen molar-refractivity contribution in [1.82, 2.24) is 0 Å². The Morgan fingerprint density at radius 3 is 2.67 bits per heavy atom. The minimum Gasteiger partial charge on any atom is -0.489 e. The first-order valence-electron chi connectivity index (χ1n) is 3.35. The maximum Gasteiger partial charge on any atom is 0.126 e. The Morgan fingerprint density at radius 1 is 1.17 bits per heavy atom. The van der Waals surface area contributed by atoms with Gasteiger partial charge in [0.2, 0.25) is 0 Å². The van der Waals surface area contributed by atoms with E-state index in [9.17, 15) is 0 Å². The van der Waals surface area contributed by atoms with Gasteiger partial charge in [-0.25, -0.2) is 0 Å².